The van der Waals surface area contributed by atoms with E-state index in [1.807, 2.05) is 0 Å². The summed E-state index contributed by atoms with van der Waals surface area (Å²) in [6.45, 7) is -12.9. The molecule has 0 saturated heterocycles. The highest BCUT2D eigenvalue weighted by atomic mass is 16.4. The first-order valence-corrected chi connectivity index (χ1v) is 5.80. The zero-order chi connectivity index (χ0) is 32.0. The zero-order valence-corrected chi connectivity index (χ0v) is 12.4. The number of anilines is 1. The maximum Gasteiger partial charge on any atom is 0.329 e. The van der Waals surface area contributed by atoms with E-state index in [1.54, 1.807) is 4.98 Å². The van der Waals surface area contributed by atoms with Crippen LogP contribution < -0.4 is 28.0 Å². The Labute approximate surface area is 163 Å². The molecule has 2 amide bonds. The summed E-state index contributed by atoms with van der Waals surface area (Å²) in [6, 6.07) is 0.799. The lowest BCUT2D eigenvalue weighted by atomic mass is 10.4. The third-order valence-corrected chi connectivity index (χ3v) is 1.62. The summed E-state index contributed by atoms with van der Waals surface area (Å²) in [6.07, 6.45) is -7.01. The van der Waals surface area contributed by atoms with Gasteiger partial charge in [-0.05, 0) is 12.7 Å². The van der Waals surface area contributed by atoms with E-state index in [-0.39, 0.29) is 4.57 Å². The van der Waals surface area contributed by atoms with Crippen molar-refractivity contribution < 1.29 is 33.9 Å². The first-order valence-electron chi connectivity index (χ1n) is 12.8. The van der Waals surface area contributed by atoms with Gasteiger partial charge in [-0.2, -0.15) is 5.26 Å². The second-order valence-corrected chi connectivity index (χ2v) is 3.40. The first kappa shape index (κ1) is 8.19. The van der Waals surface area contributed by atoms with Gasteiger partial charge in [0.05, 0.1) is 6.07 Å². The van der Waals surface area contributed by atoms with E-state index in [0.29, 0.717) is 6.07 Å². The van der Waals surface area contributed by atoms with E-state index in [0.717, 1.165) is 0 Å². The summed E-state index contributed by atoms with van der Waals surface area (Å²) in [4.78, 5) is 43.9. The fraction of sp³-hybridized carbons (Fsp3) is 0.500. The van der Waals surface area contributed by atoms with Crippen LogP contribution in [0.4, 0.5) is 10.6 Å². The number of aromatic amines is 1. The minimum Gasteiger partial charge on any atom is -0.480 e. The second-order valence-electron chi connectivity index (χ2n) is 3.40. The number of rotatable bonds is 5. The van der Waals surface area contributed by atoms with Crippen molar-refractivity contribution in [2.75, 3.05) is 12.2 Å². The van der Waals surface area contributed by atoms with E-state index in [1.165, 1.54) is 11.4 Å². The molecule has 0 fully saturated rings. The molecule has 1 aromatic heterocycles. The highest BCUT2D eigenvalue weighted by Crippen LogP contribution is 1.93. The van der Waals surface area contributed by atoms with E-state index in [4.69, 9.17) is 35.3 Å². The molecule has 0 aliphatic carbocycles. The van der Waals surface area contributed by atoms with Crippen molar-refractivity contribution in [2.45, 2.75) is 39.4 Å². The van der Waals surface area contributed by atoms with Crippen LogP contribution >= 0.6 is 0 Å². The number of nitriles is 1. The molecule has 0 bridgehead atoms. The number of hydrogen-bond acceptors (Lipinski definition) is 6. The number of carbonyl (C=O) groups excluding carboxylic acids is 1. The SMILES string of the molecule is N#CCC(=O)O.[2H]C([2H])([2H])C([2H])([2H])C([2H])([2H])NC(N)=O.[2H]C([2H])([2H])C([2H])([2H])C([2H])([2H])n1c(N)cc(=O)[nH]c1=O. The normalized spacial score (nSPS) is 20.3. The summed E-state index contributed by atoms with van der Waals surface area (Å²) in [7, 11) is 0. The first-order chi connectivity index (χ1) is 17.0. The Balaban J connectivity index is 0. The van der Waals surface area contributed by atoms with E-state index >= 15 is 0 Å². The van der Waals surface area contributed by atoms with Gasteiger partial charge in [-0.1, -0.05) is 13.7 Å². The van der Waals surface area contributed by atoms with Gasteiger partial charge >= 0.3 is 17.7 Å². The lowest BCUT2D eigenvalue weighted by Crippen LogP contribution is -2.31. The second kappa shape index (κ2) is 14.3. The van der Waals surface area contributed by atoms with Crippen LogP contribution in [-0.2, 0) is 11.3 Å². The molecular weight excluding hydrogens is 332 g/mol. The predicted octanol–water partition coefficient (Wildman–Crippen LogP) is -0.422. The highest BCUT2D eigenvalue weighted by Gasteiger charge is 1.99. The fourth-order valence-electron chi connectivity index (χ4n) is 0.845. The lowest BCUT2D eigenvalue weighted by molar-refractivity contribution is -0.135. The average Bonchev–Trinajstić information content (AvgIpc) is 2.64. The van der Waals surface area contributed by atoms with Crippen LogP contribution in [0.5, 0.6) is 0 Å². The Hall–Kier alpha value is -3.29. The van der Waals surface area contributed by atoms with Crippen molar-refractivity contribution >= 4 is 17.8 Å². The number of hydrogen-bond donors (Lipinski definition) is 5. The minimum absolute atomic E-state index is 0.0702. The Bertz CT molecular complexity index is 1180. The topological polar surface area (TPSA) is 197 Å². The molecule has 0 atom stereocenters. The molecule has 0 aliphatic heterocycles. The molecule has 0 unspecified atom stereocenters. The molecule has 25 heavy (non-hydrogen) atoms. The van der Waals surface area contributed by atoms with Gasteiger partial charge in [0.25, 0.3) is 5.56 Å². The number of urea groups is 1. The standard InChI is InChI=1S/C7H11N3O2.C4H10N2O.C3H3NO2/c1-2-3-10-5(8)4-6(11)9-7(10)12;1-2-3-6-4(5)7;4-2-1-3(5)6/h4H,2-3,8H2,1H3,(H,9,11,12);2-3H2,1H3,(H3,5,6,7);1H2,(H,5,6)/i2*1D3,2D2,3D2;. The van der Waals surface area contributed by atoms with Crippen LogP contribution in [0.1, 0.15) is 52.1 Å². The zero-order valence-electron chi connectivity index (χ0n) is 26.4. The Kier molecular flexibility index (Phi) is 4.69. The van der Waals surface area contributed by atoms with Crippen molar-refractivity contribution in [1.82, 2.24) is 14.9 Å². The number of amides is 2. The van der Waals surface area contributed by atoms with E-state index in [2.05, 4.69) is 5.73 Å². The van der Waals surface area contributed by atoms with Crippen LogP contribution in [0.2, 0.25) is 0 Å². The van der Waals surface area contributed by atoms with Gasteiger partial charge in [-0.15, -0.1) is 0 Å². The monoisotopic (exact) mass is 370 g/mol. The molecule has 0 aromatic carbocycles. The van der Waals surface area contributed by atoms with E-state index in [9.17, 15) is 19.2 Å². The van der Waals surface area contributed by atoms with Gasteiger partial charge in [0.2, 0.25) is 0 Å². The fourth-order valence-corrected chi connectivity index (χ4v) is 0.845. The maximum atomic E-state index is 11.5. The molecule has 1 rings (SSSR count). The molecular formula is C14H24N6O5. The van der Waals surface area contributed by atoms with Crippen molar-refractivity contribution in [3.05, 3.63) is 26.9 Å². The minimum atomic E-state index is -3.39. The largest absolute Gasteiger partial charge is 0.480 e. The summed E-state index contributed by atoms with van der Waals surface area (Å²) in [5.74, 6) is -1.75. The molecule has 0 aliphatic rings. The number of nitrogens with zero attached hydrogens (tertiary/aromatic N) is 2. The molecule has 7 N–H and O–H groups in total. The molecule has 0 saturated carbocycles. The number of primary amides is 1. The third-order valence-electron chi connectivity index (χ3n) is 1.62. The highest BCUT2D eigenvalue weighted by molar-refractivity contribution is 5.71. The number of H-pyrrole nitrogens is 1. The van der Waals surface area contributed by atoms with Crippen LogP contribution in [0, 0.1) is 11.3 Å². The van der Waals surface area contributed by atoms with Gasteiger partial charge in [0, 0.05) is 38.3 Å². The molecule has 0 spiro atoms. The van der Waals surface area contributed by atoms with Crippen molar-refractivity contribution in [3.8, 4) is 6.07 Å². The van der Waals surface area contributed by atoms with Crippen LogP contribution in [0.3, 0.4) is 0 Å². The van der Waals surface area contributed by atoms with Crippen LogP contribution in [-0.4, -0.2) is 33.2 Å². The quantitative estimate of drug-likeness (QED) is 0.463. The van der Waals surface area contributed by atoms with Crippen LogP contribution in [0.25, 0.3) is 0 Å². The number of carbonyl (C=O) groups is 2. The van der Waals surface area contributed by atoms with Gasteiger partial charge in [0.1, 0.15) is 12.2 Å². The van der Waals surface area contributed by atoms with Gasteiger partial charge in [0.15, 0.2) is 0 Å². The van der Waals surface area contributed by atoms with Crippen molar-refractivity contribution in [3.63, 3.8) is 0 Å². The lowest BCUT2D eigenvalue weighted by Gasteiger charge is -2.04. The van der Waals surface area contributed by atoms with Gasteiger partial charge in [-0.25, -0.2) is 9.59 Å². The van der Waals surface area contributed by atoms with Crippen molar-refractivity contribution in [2.24, 2.45) is 5.73 Å². The molecule has 11 nitrogen and oxygen atoms in total. The predicted molar refractivity (Wildman–Crippen MR) is 91.8 cm³/mol. The average molecular weight is 370 g/mol. The number of aromatic nitrogens is 2. The van der Waals surface area contributed by atoms with E-state index < -0.39 is 74.9 Å². The number of aliphatic carboxylic acids is 1. The number of carboxylic acids is 1. The third kappa shape index (κ3) is 14.1. The molecule has 140 valence electrons. The molecule has 11 heteroatoms. The molecule has 1 heterocycles. The van der Waals surface area contributed by atoms with Gasteiger partial charge in [-0.3, -0.25) is 19.1 Å². The summed E-state index contributed by atoms with van der Waals surface area (Å²) in [5.41, 5.74) is 7.65. The smallest absolute Gasteiger partial charge is 0.329 e. The molecule has 1 aromatic rings. The van der Waals surface area contributed by atoms with Crippen LogP contribution in [0.15, 0.2) is 15.7 Å². The number of nitrogens with two attached hydrogens (primary N) is 2. The summed E-state index contributed by atoms with van der Waals surface area (Å²) in [5, 5.41) is 16.7. The summed E-state index contributed by atoms with van der Waals surface area (Å²) >= 11 is 0. The van der Waals surface area contributed by atoms with Gasteiger partial charge < -0.3 is 21.9 Å². The summed E-state index contributed by atoms with van der Waals surface area (Å²) < 4.78 is 99.4. The Morgan fingerprint density at radius 1 is 1.48 bits per heavy atom. The number of carboxylic acid groups (broad SMARTS) is 1. The Morgan fingerprint density at radius 2 is 2.12 bits per heavy atom. The maximum absolute atomic E-state index is 11.5. The number of nitrogens with one attached hydrogen (secondary N) is 2. The molecule has 0 radical (unpaired) electrons. The van der Waals surface area contributed by atoms with Crippen molar-refractivity contribution in [1.29, 1.82) is 5.26 Å². The Morgan fingerprint density at radius 3 is 2.52 bits per heavy atom. The number of nitrogen functional groups attached to an aromatic ring is 1.